The third kappa shape index (κ3) is 3.30. The van der Waals surface area contributed by atoms with E-state index in [-0.39, 0.29) is 5.91 Å². The summed E-state index contributed by atoms with van der Waals surface area (Å²) in [4.78, 5) is 16.3. The number of nitrogens with one attached hydrogen (secondary N) is 1. The molecule has 5 heteroatoms. The average molecular weight is 322 g/mol. The molecule has 0 aliphatic carbocycles. The maximum atomic E-state index is 12.4. The number of hydrogen-bond donors (Lipinski definition) is 1. The van der Waals surface area contributed by atoms with Crippen LogP contribution < -0.4 is 10.1 Å². The zero-order chi connectivity index (χ0) is 16.9. The molecule has 1 amide bonds. The first-order valence-corrected chi connectivity index (χ1v) is 7.58. The average Bonchev–Trinajstić information content (AvgIpc) is 3.14. The van der Waals surface area contributed by atoms with Crippen LogP contribution in [0.5, 0.6) is 5.75 Å². The van der Waals surface area contributed by atoms with Crippen LogP contribution >= 0.6 is 0 Å². The summed E-state index contributed by atoms with van der Waals surface area (Å²) in [6.45, 7) is 2.51. The molecule has 0 saturated carbocycles. The zero-order valence-corrected chi connectivity index (χ0v) is 13.6. The van der Waals surface area contributed by atoms with Gasteiger partial charge in [0.1, 0.15) is 5.75 Å². The maximum Gasteiger partial charge on any atom is 0.251 e. The van der Waals surface area contributed by atoms with Gasteiger partial charge in [-0.05, 0) is 36.2 Å². The Kier molecular flexibility index (Phi) is 4.61. The van der Waals surface area contributed by atoms with Gasteiger partial charge in [-0.1, -0.05) is 24.3 Å². The molecule has 0 aliphatic heterocycles. The lowest BCUT2D eigenvalue weighted by atomic mass is 10.1. The second-order valence-corrected chi connectivity index (χ2v) is 5.39. The van der Waals surface area contributed by atoms with Gasteiger partial charge in [0, 0.05) is 12.1 Å². The van der Waals surface area contributed by atoms with Crippen molar-refractivity contribution in [3.63, 3.8) is 0 Å². The number of oxazole rings is 1. The van der Waals surface area contributed by atoms with Gasteiger partial charge in [0.05, 0.1) is 18.9 Å². The van der Waals surface area contributed by atoms with Gasteiger partial charge in [0.15, 0.2) is 12.2 Å². The fraction of sp³-hybridized carbons (Fsp3) is 0.158. The molecule has 2 aromatic carbocycles. The molecule has 3 aromatic rings. The molecular weight excluding hydrogens is 304 g/mol. The van der Waals surface area contributed by atoms with Crippen molar-refractivity contribution in [3.8, 4) is 17.1 Å². The lowest BCUT2D eigenvalue weighted by Crippen LogP contribution is -2.23. The first-order valence-electron chi connectivity index (χ1n) is 7.58. The van der Waals surface area contributed by atoms with E-state index in [1.165, 1.54) is 6.39 Å². The van der Waals surface area contributed by atoms with E-state index in [0.29, 0.717) is 23.6 Å². The molecule has 1 heterocycles. The standard InChI is InChI=1S/C19H18N2O3/c1-13-5-3-4-6-15(13)10-21-19(22)14-7-8-16(17(9-14)23-2)18-11-20-12-24-18/h3-9,11-12H,10H2,1-2H3,(H,21,22). The van der Waals surface area contributed by atoms with Gasteiger partial charge in [0.2, 0.25) is 0 Å². The van der Waals surface area contributed by atoms with Crippen molar-refractivity contribution in [1.82, 2.24) is 10.3 Å². The van der Waals surface area contributed by atoms with Crippen LogP contribution in [0.4, 0.5) is 0 Å². The first-order chi connectivity index (χ1) is 11.7. The highest BCUT2D eigenvalue weighted by Gasteiger charge is 2.13. The lowest BCUT2D eigenvalue weighted by Gasteiger charge is -2.10. The molecule has 0 radical (unpaired) electrons. The molecule has 3 rings (SSSR count). The van der Waals surface area contributed by atoms with Crippen molar-refractivity contribution in [3.05, 3.63) is 71.7 Å². The minimum atomic E-state index is -0.152. The summed E-state index contributed by atoms with van der Waals surface area (Å²) in [5.41, 5.74) is 3.53. The Balaban J connectivity index is 1.77. The number of hydrogen-bond acceptors (Lipinski definition) is 4. The van der Waals surface area contributed by atoms with Gasteiger partial charge >= 0.3 is 0 Å². The molecule has 5 nitrogen and oxygen atoms in total. The van der Waals surface area contributed by atoms with Crippen LogP contribution in [0.25, 0.3) is 11.3 Å². The van der Waals surface area contributed by atoms with Crippen molar-refractivity contribution in [2.45, 2.75) is 13.5 Å². The molecule has 1 N–H and O–H groups in total. The maximum absolute atomic E-state index is 12.4. The number of benzene rings is 2. The predicted octanol–water partition coefficient (Wildman–Crippen LogP) is 3.59. The van der Waals surface area contributed by atoms with Gasteiger partial charge < -0.3 is 14.5 Å². The van der Waals surface area contributed by atoms with Crippen LogP contribution in [0.3, 0.4) is 0 Å². The molecule has 0 saturated heterocycles. The Morgan fingerprint density at radius 2 is 2.08 bits per heavy atom. The molecule has 1 aromatic heterocycles. The van der Waals surface area contributed by atoms with E-state index in [0.717, 1.165) is 16.7 Å². The second-order valence-electron chi connectivity index (χ2n) is 5.39. The van der Waals surface area contributed by atoms with Gasteiger partial charge in [-0.3, -0.25) is 4.79 Å². The van der Waals surface area contributed by atoms with Gasteiger partial charge in [-0.25, -0.2) is 4.98 Å². The highest BCUT2D eigenvalue weighted by molar-refractivity contribution is 5.95. The third-order valence-electron chi connectivity index (χ3n) is 3.86. The molecular formula is C19H18N2O3. The van der Waals surface area contributed by atoms with Crippen molar-refractivity contribution in [2.75, 3.05) is 7.11 Å². The van der Waals surface area contributed by atoms with Crippen molar-refractivity contribution in [1.29, 1.82) is 0 Å². The van der Waals surface area contributed by atoms with E-state index in [2.05, 4.69) is 10.3 Å². The Morgan fingerprint density at radius 3 is 2.79 bits per heavy atom. The molecule has 0 unspecified atom stereocenters. The Morgan fingerprint density at radius 1 is 1.25 bits per heavy atom. The number of aromatic nitrogens is 1. The van der Waals surface area contributed by atoms with Gasteiger partial charge in [-0.2, -0.15) is 0 Å². The van der Waals surface area contributed by atoms with E-state index < -0.39 is 0 Å². The number of carbonyl (C=O) groups is 1. The largest absolute Gasteiger partial charge is 0.496 e. The van der Waals surface area contributed by atoms with Crippen LogP contribution in [0.1, 0.15) is 21.5 Å². The first kappa shape index (κ1) is 15.8. The molecule has 24 heavy (non-hydrogen) atoms. The van der Waals surface area contributed by atoms with Gasteiger partial charge in [0.25, 0.3) is 5.91 Å². The number of aryl methyl sites for hydroxylation is 1. The number of amides is 1. The van der Waals surface area contributed by atoms with Crippen LogP contribution in [-0.2, 0) is 6.54 Å². The minimum Gasteiger partial charge on any atom is -0.496 e. The summed E-state index contributed by atoms with van der Waals surface area (Å²) in [6.07, 6.45) is 2.97. The smallest absolute Gasteiger partial charge is 0.251 e. The van der Waals surface area contributed by atoms with Crippen LogP contribution in [-0.4, -0.2) is 18.0 Å². The Hall–Kier alpha value is -3.08. The quantitative estimate of drug-likeness (QED) is 0.779. The third-order valence-corrected chi connectivity index (χ3v) is 3.86. The van der Waals surface area contributed by atoms with Gasteiger partial charge in [-0.15, -0.1) is 0 Å². The number of ether oxygens (including phenoxy) is 1. The molecule has 0 atom stereocenters. The van der Waals surface area contributed by atoms with E-state index in [4.69, 9.17) is 9.15 Å². The number of nitrogens with zero attached hydrogens (tertiary/aromatic N) is 1. The predicted molar refractivity (Wildman–Crippen MR) is 90.8 cm³/mol. The zero-order valence-electron chi connectivity index (χ0n) is 13.6. The number of rotatable bonds is 5. The Bertz CT molecular complexity index is 842. The van der Waals surface area contributed by atoms with E-state index in [1.807, 2.05) is 31.2 Å². The fourth-order valence-electron chi connectivity index (χ4n) is 2.47. The number of methoxy groups -OCH3 is 1. The van der Waals surface area contributed by atoms with E-state index >= 15 is 0 Å². The summed E-state index contributed by atoms with van der Waals surface area (Å²) in [6, 6.07) is 13.2. The molecule has 0 aliphatic rings. The fourth-order valence-corrected chi connectivity index (χ4v) is 2.47. The van der Waals surface area contributed by atoms with Crippen LogP contribution in [0, 0.1) is 6.92 Å². The molecule has 0 bridgehead atoms. The van der Waals surface area contributed by atoms with Crippen molar-refractivity contribution in [2.24, 2.45) is 0 Å². The topological polar surface area (TPSA) is 64.4 Å². The van der Waals surface area contributed by atoms with Crippen LogP contribution in [0.15, 0.2) is 59.5 Å². The monoisotopic (exact) mass is 322 g/mol. The van der Waals surface area contributed by atoms with Crippen LogP contribution in [0.2, 0.25) is 0 Å². The van der Waals surface area contributed by atoms with E-state index in [9.17, 15) is 4.79 Å². The van der Waals surface area contributed by atoms with Crippen molar-refractivity contribution >= 4 is 5.91 Å². The molecule has 122 valence electrons. The normalized spacial score (nSPS) is 10.4. The second kappa shape index (κ2) is 7.00. The lowest BCUT2D eigenvalue weighted by molar-refractivity contribution is 0.0950. The SMILES string of the molecule is COc1cc(C(=O)NCc2ccccc2C)ccc1-c1cnco1. The Labute approximate surface area is 140 Å². The van der Waals surface area contributed by atoms with E-state index in [1.54, 1.807) is 31.5 Å². The summed E-state index contributed by atoms with van der Waals surface area (Å²) >= 11 is 0. The highest BCUT2D eigenvalue weighted by atomic mass is 16.5. The summed E-state index contributed by atoms with van der Waals surface area (Å²) in [5, 5.41) is 2.93. The minimum absolute atomic E-state index is 0.152. The molecule has 0 fully saturated rings. The summed E-state index contributed by atoms with van der Waals surface area (Å²) < 4.78 is 10.7. The molecule has 0 spiro atoms. The van der Waals surface area contributed by atoms with Crippen molar-refractivity contribution < 1.29 is 13.9 Å². The highest BCUT2D eigenvalue weighted by Crippen LogP contribution is 2.30. The number of carbonyl (C=O) groups excluding carboxylic acids is 1. The summed E-state index contributed by atoms with van der Waals surface area (Å²) in [5.74, 6) is 1.01. The summed E-state index contributed by atoms with van der Waals surface area (Å²) in [7, 11) is 1.56.